The fourth-order valence-electron chi connectivity index (χ4n) is 1.19. The number of benzene rings is 1. The molecule has 0 atom stereocenters. The predicted molar refractivity (Wildman–Crippen MR) is 69.3 cm³/mol. The molecule has 0 radical (unpaired) electrons. The quantitative estimate of drug-likeness (QED) is 0.731. The van der Waals surface area contributed by atoms with Gasteiger partial charge in [-0.05, 0) is 38.0 Å². The Kier molecular flexibility index (Phi) is 4.52. The first-order valence-corrected chi connectivity index (χ1v) is 5.30. The number of pyridine rings is 1. The average Bonchev–Trinajstić information content (AvgIpc) is 2.28. The summed E-state index contributed by atoms with van der Waals surface area (Å²) in [6, 6.07) is 12.2. The number of nitrogens with two attached hydrogens (primary N) is 1. The highest BCUT2D eigenvalue weighted by atomic mass is 14.8. The summed E-state index contributed by atoms with van der Waals surface area (Å²) < 4.78 is 0. The molecule has 0 aliphatic heterocycles. The van der Waals surface area contributed by atoms with Gasteiger partial charge in [0.1, 0.15) is 5.82 Å². The van der Waals surface area contributed by atoms with Crippen LogP contribution < -0.4 is 5.73 Å². The van der Waals surface area contributed by atoms with E-state index < -0.39 is 0 Å². The standard InChI is InChI=1S/C7H10N2.C7H8/c1-5-3-4-9-7(8)6(5)2;1-7-5-3-2-4-6-7/h3-4H,1-2H3,(H2,8,9);2-6H,1H3. The summed E-state index contributed by atoms with van der Waals surface area (Å²) in [4.78, 5) is 3.92. The highest BCUT2D eigenvalue weighted by molar-refractivity contribution is 5.42. The molecule has 2 N–H and O–H groups in total. The zero-order valence-corrected chi connectivity index (χ0v) is 10.1. The molecule has 0 fully saturated rings. The number of hydrogen-bond donors (Lipinski definition) is 1. The second kappa shape index (κ2) is 5.91. The molecular formula is C14H18N2. The molecule has 2 heteroatoms. The first-order chi connectivity index (χ1) is 7.61. The zero-order chi connectivity index (χ0) is 12.0. The van der Waals surface area contributed by atoms with Gasteiger partial charge in [-0.2, -0.15) is 0 Å². The molecule has 0 amide bonds. The Hall–Kier alpha value is -1.83. The van der Waals surface area contributed by atoms with Crippen LogP contribution in [0.3, 0.4) is 0 Å². The fourth-order valence-corrected chi connectivity index (χ4v) is 1.19. The molecular weight excluding hydrogens is 196 g/mol. The van der Waals surface area contributed by atoms with E-state index in [0.29, 0.717) is 5.82 Å². The van der Waals surface area contributed by atoms with Crippen molar-refractivity contribution < 1.29 is 0 Å². The molecule has 0 bridgehead atoms. The molecule has 16 heavy (non-hydrogen) atoms. The summed E-state index contributed by atoms with van der Waals surface area (Å²) in [7, 11) is 0. The first kappa shape index (κ1) is 12.2. The third kappa shape index (κ3) is 3.73. The molecule has 0 saturated carbocycles. The zero-order valence-electron chi connectivity index (χ0n) is 10.1. The van der Waals surface area contributed by atoms with Crippen molar-refractivity contribution in [1.82, 2.24) is 4.98 Å². The highest BCUT2D eigenvalue weighted by Gasteiger charge is 1.94. The molecule has 1 aromatic heterocycles. The molecule has 0 unspecified atom stereocenters. The molecule has 2 nitrogen and oxygen atoms in total. The van der Waals surface area contributed by atoms with Crippen LogP contribution in [0.25, 0.3) is 0 Å². The Morgan fingerprint density at radius 3 is 1.94 bits per heavy atom. The number of aryl methyl sites for hydroxylation is 2. The summed E-state index contributed by atoms with van der Waals surface area (Å²) in [6.07, 6.45) is 1.72. The van der Waals surface area contributed by atoms with Crippen LogP contribution in [-0.4, -0.2) is 4.98 Å². The lowest BCUT2D eigenvalue weighted by Crippen LogP contribution is -1.94. The van der Waals surface area contributed by atoms with E-state index in [4.69, 9.17) is 5.73 Å². The van der Waals surface area contributed by atoms with Crippen LogP contribution in [0.2, 0.25) is 0 Å². The van der Waals surface area contributed by atoms with Crippen molar-refractivity contribution in [2.24, 2.45) is 0 Å². The van der Waals surface area contributed by atoms with E-state index in [-0.39, 0.29) is 0 Å². The fraction of sp³-hybridized carbons (Fsp3) is 0.214. The smallest absolute Gasteiger partial charge is 0.126 e. The lowest BCUT2D eigenvalue weighted by Gasteiger charge is -1.99. The molecule has 2 rings (SSSR count). The first-order valence-electron chi connectivity index (χ1n) is 5.30. The molecule has 0 spiro atoms. The van der Waals surface area contributed by atoms with Crippen molar-refractivity contribution in [3.63, 3.8) is 0 Å². The van der Waals surface area contributed by atoms with Gasteiger partial charge in [0.25, 0.3) is 0 Å². The van der Waals surface area contributed by atoms with Gasteiger partial charge in [0.15, 0.2) is 0 Å². The van der Waals surface area contributed by atoms with Gasteiger partial charge in [-0.3, -0.25) is 0 Å². The lowest BCUT2D eigenvalue weighted by atomic mass is 10.2. The van der Waals surface area contributed by atoms with Gasteiger partial charge in [0, 0.05) is 6.20 Å². The van der Waals surface area contributed by atoms with E-state index >= 15 is 0 Å². The van der Waals surface area contributed by atoms with E-state index in [1.54, 1.807) is 6.20 Å². The van der Waals surface area contributed by atoms with Crippen LogP contribution in [-0.2, 0) is 0 Å². The Balaban J connectivity index is 0.000000165. The minimum absolute atomic E-state index is 0.634. The average molecular weight is 214 g/mol. The Morgan fingerprint density at radius 1 is 0.938 bits per heavy atom. The van der Waals surface area contributed by atoms with Gasteiger partial charge in [-0.1, -0.05) is 35.9 Å². The van der Waals surface area contributed by atoms with Crippen molar-refractivity contribution in [3.05, 3.63) is 59.3 Å². The Bertz CT molecular complexity index is 415. The summed E-state index contributed by atoms with van der Waals surface area (Å²) in [6.45, 7) is 6.07. The minimum atomic E-state index is 0.634. The van der Waals surface area contributed by atoms with Crippen LogP contribution in [0, 0.1) is 20.8 Å². The van der Waals surface area contributed by atoms with E-state index in [1.807, 2.05) is 38.1 Å². The molecule has 1 heterocycles. The van der Waals surface area contributed by atoms with E-state index in [1.165, 1.54) is 11.1 Å². The number of anilines is 1. The highest BCUT2D eigenvalue weighted by Crippen LogP contribution is 2.09. The van der Waals surface area contributed by atoms with Crippen molar-refractivity contribution >= 4 is 5.82 Å². The summed E-state index contributed by atoms with van der Waals surface area (Å²) >= 11 is 0. The van der Waals surface area contributed by atoms with Gasteiger partial charge < -0.3 is 5.73 Å². The predicted octanol–water partition coefficient (Wildman–Crippen LogP) is 3.28. The number of hydrogen-bond acceptors (Lipinski definition) is 2. The van der Waals surface area contributed by atoms with Gasteiger partial charge in [-0.25, -0.2) is 4.98 Å². The van der Waals surface area contributed by atoms with Crippen LogP contribution in [0.5, 0.6) is 0 Å². The van der Waals surface area contributed by atoms with Crippen LogP contribution in [0.15, 0.2) is 42.6 Å². The summed E-state index contributed by atoms with van der Waals surface area (Å²) in [5.41, 5.74) is 9.11. The summed E-state index contributed by atoms with van der Waals surface area (Å²) in [5, 5.41) is 0. The second-order valence-corrected chi connectivity index (χ2v) is 3.79. The van der Waals surface area contributed by atoms with Gasteiger partial charge in [-0.15, -0.1) is 0 Å². The number of nitrogens with zero attached hydrogens (tertiary/aromatic N) is 1. The van der Waals surface area contributed by atoms with Gasteiger partial charge >= 0.3 is 0 Å². The Labute approximate surface area is 97.1 Å². The molecule has 0 aliphatic carbocycles. The SMILES string of the molecule is Cc1ccccc1.Cc1ccnc(N)c1C. The van der Waals surface area contributed by atoms with E-state index in [2.05, 4.69) is 24.0 Å². The summed E-state index contributed by atoms with van der Waals surface area (Å²) in [5.74, 6) is 0.634. The van der Waals surface area contributed by atoms with E-state index in [9.17, 15) is 0 Å². The van der Waals surface area contributed by atoms with E-state index in [0.717, 1.165) is 5.56 Å². The maximum Gasteiger partial charge on any atom is 0.126 e. The molecule has 2 aromatic rings. The topological polar surface area (TPSA) is 38.9 Å². The van der Waals surface area contributed by atoms with Gasteiger partial charge in [0.2, 0.25) is 0 Å². The lowest BCUT2D eigenvalue weighted by molar-refractivity contribution is 1.23. The molecule has 0 aliphatic rings. The molecule has 1 aromatic carbocycles. The normalized spacial score (nSPS) is 9.19. The third-order valence-corrected chi connectivity index (χ3v) is 2.45. The number of rotatable bonds is 0. The van der Waals surface area contributed by atoms with Crippen molar-refractivity contribution in [2.75, 3.05) is 5.73 Å². The monoisotopic (exact) mass is 214 g/mol. The largest absolute Gasteiger partial charge is 0.383 e. The molecule has 84 valence electrons. The van der Waals surface area contributed by atoms with Crippen molar-refractivity contribution in [1.29, 1.82) is 0 Å². The number of nitrogen functional groups attached to an aromatic ring is 1. The molecule has 0 saturated heterocycles. The minimum Gasteiger partial charge on any atom is -0.383 e. The third-order valence-electron chi connectivity index (χ3n) is 2.45. The maximum atomic E-state index is 5.51. The van der Waals surface area contributed by atoms with Crippen LogP contribution in [0.1, 0.15) is 16.7 Å². The van der Waals surface area contributed by atoms with Crippen molar-refractivity contribution in [2.45, 2.75) is 20.8 Å². The Morgan fingerprint density at radius 2 is 1.56 bits per heavy atom. The van der Waals surface area contributed by atoms with Crippen LogP contribution in [0.4, 0.5) is 5.82 Å². The number of aromatic nitrogens is 1. The second-order valence-electron chi connectivity index (χ2n) is 3.79. The van der Waals surface area contributed by atoms with Crippen molar-refractivity contribution in [3.8, 4) is 0 Å². The van der Waals surface area contributed by atoms with Crippen LogP contribution >= 0.6 is 0 Å². The maximum absolute atomic E-state index is 5.51. The van der Waals surface area contributed by atoms with Gasteiger partial charge in [0.05, 0.1) is 0 Å².